The van der Waals surface area contributed by atoms with Crippen molar-refractivity contribution < 1.29 is 9.53 Å². The van der Waals surface area contributed by atoms with E-state index in [1.807, 2.05) is 23.1 Å². The Morgan fingerprint density at radius 3 is 2.93 bits per heavy atom. The first kappa shape index (κ1) is 16.9. The summed E-state index contributed by atoms with van der Waals surface area (Å²) in [6.45, 7) is 1.65. The number of morpholine rings is 1. The monoisotopic (exact) mass is 376 g/mol. The summed E-state index contributed by atoms with van der Waals surface area (Å²) in [5, 5.41) is 11.1. The van der Waals surface area contributed by atoms with E-state index in [4.69, 9.17) is 10.5 Å². The number of anilines is 1. The molecule has 1 fully saturated rings. The third kappa shape index (κ3) is 2.65. The summed E-state index contributed by atoms with van der Waals surface area (Å²) in [5.41, 5.74) is 9.14. The van der Waals surface area contributed by atoms with Gasteiger partial charge in [0.15, 0.2) is 0 Å². The molecule has 0 saturated carbocycles. The molecule has 8 heteroatoms. The average molecular weight is 376 g/mol. The number of amides is 1. The van der Waals surface area contributed by atoms with Crippen molar-refractivity contribution in [1.29, 1.82) is 0 Å². The van der Waals surface area contributed by atoms with E-state index < -0.39 is 5.60 Å². The van der Waals surface area contributed by atoms with E-state index >= 15 is 0 Å². The van der Waals surface area contributed by atoms with Gasteiger partial charge in [-0.3, -0.25) is 4.79 Å². The highest BCUT2D eigenvalue weighted by Crippen LogP contribution is 2.42. The van der Waals surface area contributed by atoms with E-state index in [1.54, 1.807) is 12.1 Å². The van der Waals surface area contributed by atoms with Crippen molar-refractivity contribution in [3.63, 3.8) is 0 Å². The number of carbonyl (C=O) groups excluding carboxylic acids is 1. The molecule has 1 amide bonds. The van der Waals surface area contributed by atoms with Crippen molar-refractivity contribution in [2.75, 3.05) is 25.4 Å². The minimum absolute atomic E-state index is 0.0273. The Morgan fingerprint density at radius 2 is 2.07 bits per heavy atom. The molecule has 1 aromatic heterocycles. The van der Waals surface area contributed by atoms with Crippen LogP contribution in [-0.2, 0) is 16.8 Å². The predicted molar refractivity (Wildman–Crippen MR) is 102 cm³/mol. The summed E-state index contributed by atoms with van der Waals surface area (Å²) in [5.74, 6) is 0.151. The van der Waals surface area contributed by atoms with Gasteiger partial charge in [0.2, 0.25) is 5.95 Å². The number of tetrazole rings is 1. The third-order valence-electron chi connectivity index (χ3n) is 5.61. The minimum atomic E-state index is -0.400. The Kier molecular flexibility index (Phi) is 3.87. The molecule has 1 aliphatic heterocycles. The van der Waals surface area contributed by atoms with Gasteiger partial charge in [0, 0.05) is 12.1 Å². The Morgan fingerprint density at radius 1 is 1.18 bits per heavy atom. The Bertz CT molecular complexity index is 1040. The van der Waals surface area contributed by atoms with Gasteiger partial charge in [0.05, 0.1) is 18.8 Å². The summed E-state index contributed by atoms with van der Waals surface area (Å²) in [6.07, 6.45) is 1.88. The van der Waals surface area contributed by atoms with E-state index in [2.05, 4.69) is 33.7 Å². The standard InChI is InChI=1S/C20H20N6O2/c21-19-22-23-24-26(19)16-6-3-5-15(12-16)18(27)25-10-11-28-20(13-25)9-8-14-4-1-2-7-17(14)20/h1-7,12H,8-11,13H2,(H2,21,22,24). The van der Waals surface area contributed by atoms with E-state index in [0.717, 1.165) is 12.8 Å². The number of hydrogen-bond acceptors (Lipinski definition) is 6. The quantitative estimate of drug-likeness (QED) is 0.729. The van der Waals surface area contributed by atoms with Crippen LogP contribution in [0.2, 0.25) is 0 Å². The number of carbonyl (C=O) groups is 1. The van der Waals surface area contributed by atoms with Gasteiger partial charge < -0.3 is 15.4 Å². The van der Waals surface area contributed by atoms with Crippen LogP contribution < -0.4 is 5.73 Å². The predicted octanol–water partition coefficient (Wildman–Crippen LogP) is 1.56. The molecule has 1 aliphatic carbocycles. The zero-order valence-electron chi connectivity index (χ0n) is 15.3. The SMILES string of the molecule is Nc1nnnn1-c1cccc(C(=O)N2CCOC3(CCc4ccccc43)C2)c1. The molecule has 3 aromatic rings. The maximum Gasteiger partial charge on any atom is 0.254 e. The molecule has 1 spiro atoms. The molecule has 2 N–H and O–H groups in total. The lowest BCUT2D eigenvalue weighted by molar-refractivity contribution is -0.103. The number of nitrogens with two attached hydrogens (primary N) is 1. The topological polar surface area (TPSA) is 99.2 Å². The first-order valence-electron chi connectivity index (χ1n) is 9.32. The molecule has 142 valence electrons. The maximum absolute atomic E-state index is 13.2. The fraction of sp³-hybridized carbons (Fsp3) is 0.300. The zero-order valence-corrected chi connectivity index (χ0v) is 15.3. The van der Waals surface area contributed by atoms with Crippen molar-refractivity contribution in [3.05, 3.63) is 65.2 Å². The molecule has 8 nitrogen and oxygen atoms in total. The van der Waals surface area contributed by atoms with Crippen LogP contribution in [0.1, 0.15) is 27.9 Å². The fourth-order valence-electron chi connectivity index (χ4n) is 4.26. The van der Waals surface area contributed by atoms with Crippen molar-refractivity contribution in [2.24, 2.45) is 0 Å². The van der Waals surface area contributed by atoms with Crippen LogP contribution in [0.15, 0.2) is 48.5 Å². The normalized spacial score (nSPS) is 21.1. The van der Waals surface area contributed by atoms with Crippen molar-refractivity contribution in [2.45, 2.75) is 18.4 Å². The molecule has 28 heavy (non-hydrogen) atoms. The number of aryl methyl sites for hydroxylation is 1. The highest BCUT2D eigenvalue weighted by molar-refractivity contribution is 5.95. The van der Waals surface area contributed by atoms with E-state index in [1.165, 1.54) is 15.8 Å². The van der Waals surface area contributed by atoms with Crippen LogP contribution in [0, 0.1) is 0 Å². The molecular weight excluding hydrogens is 356 g/mol. The smallest absolute Gasteiger partial charge is 0.254 e. The lowest BCUT2D eigenvalue weighted by Gasteiger charge is -2.41. The van der Waals surface area contributed by atoms with Crippen LogP contribution in [0.4, 0.5) is 5.95 Å². The highest BCUT2D eigenvalue weighted by Gasteiger charge is 2.44. The number of aromatic nitrogens is 4. The molecule has 0 bridgehead atoms. The second-order valence-electron chi connectivity index (χ2n) is 7.23. The summed E-state index contributed by atoms with van der Waals surface area (Å²) >= 11 is 0. The highest BCUT2D eigenvalue weighted by atomic mass is 16.5. The second-order valence-corrected chi connectivity index (χ2v) is 7.23. The molecule has 1 saturated heterocycles. The molecule has 1 unspecified atom stereocenters. The third-order valence-corrected chi connectivity index (χ3v) is 5.61. The van der Waals surface area contributed by atoms with Crippen LogP contribution in [0.3, 0.4) is 0 Å². The first-order chi connectivity index (χ1) is 13.7. The maximum atomic E-state index is 13.2. The fourth-order valence-corrected chi connectivity index (χ4v) is 4.26. The van der Waals surface area contributed by atoms with Gasteiger partial charge in [-0.25, -0.2) is 0 Å². The van der Waals surface area contributed by atoms with Gasteiger partial charge in [0.1, 0.15) is 5.60 Å². The Balaban J connectivity index is 1.43. The molecule has 2 heterocycles. The summed E-state index contributed by atoms with van der Waals surface area (Å²) in [4.78, 5) is 15.1. The molecular formula is C20H20N6O2. The second kappa shape index (κ2) is 6.42. The Labute approximate surface area is 161 Å². The number of nitrogen functional groups attached to an aromatic ring is 1. The Hall–Kier alpha value is -3.26. The molecule has 2 aliphatic rings. The molecule has 5 rings (SSSR count). The number of benzene rings is 2. The first-order valence-corrected chi connectivity index (χ1v) is 9.32. The largest absolute Gasteiger partial charge is 0.367 e. The number of hydrogen-bond donors (Lipinski definition) is 1. The van der Waals surface area contributed by atoms with Gasteiger partial charge in [-0.2, -0.15) is 4.68 Å². The van der Waals surface area contributed by atoms with E-state index in [-0.39, 0.29) is 11.9 Å². The lowest BCUT2D eigenvalue weighted by atomic mass is 9.93. The van der Waals surface area contributed by atoms with Gasteiger partial charge in [-0.15, -0.1) is 0 Å². The number of rotatable bonds is 2. The number of nitrogens with zero attached hydrogens (tertiary/aromatic N) is 5. The van der Waals surface area contributed by atoms with E-state index in [0.29, 0.717) is 30.9 Å². The van der Waals surface area contributed by atoms with Crippen LogP contribution in [0.5, 0.6) is 0 Å². The number of ether oxygens (including phenoxy) is 1. The van der Waals surface area contributed by atoms with E-state index in [9.17, 15) is 4.79 Å². The lowest BCUT2D eigenvalue weighted by Crippen LogP contribution is -2.51. The summed E-state index contributed by atoms with van der Waals surface area (Å²) in [6, 6.07) is 15.6. The zero-order chi connectivity index (χ0) is 19.1. The van der Waals surface area contributed by atoms with Gasteiger partial charge in [-0.05, 0) is 52.6 Å². The van der Waals surface area contributed by atoms with Crippen molar-refractivity contribution in [1.82, 2.24) is 25.1 Å². The van der Waals surface area contributed by atoms with Gasteiger partial charge in [-0.1, -0.05) is 35.4 Å². The van der Waals surface area contributed by atoms with Crippen molar-refractivity contribution >= 4 is 11.9 Å². The van der Waals surface area contributed by atoms with Crippen molar-refractivity contribution in [3.8, 4) is 5.69 Å². The minimum Gasteiger partial charge on any atom is -0.367 e. The summed E-state index contributed by atoms with van der Waals surface area (Å²) in [7, 11) is 0. The summed E-state index contributed by atoms with van der Waals surface area (Å²) < 4.78 is 7.63. The molecule has 2 aromatic carbocycles. The molecule has 0 radical (unpaired) electrons. The van der Waals surface area contributed by atoms with Crippen LogP contribution in [0.25, 0.3) is 5.69 Å². The average Bonchev–Trinajstić information content (AvgIpc) is 3.32. The van der Waals surface area contributed by atoms with Crippen LogP contribution in [-0.4, -0.2) is 50.7 Å². The van der Waals surface area contributed by atoms with Gasteiger partial charge in [0.25, 0.3) is 5.91 Å². The number of fused-ring (bicyclic) bond motifs is 2. The molecule has 1 atom stereocenters. The van der Waals surface area contributed by atoms with Gasteiger partial charge >= 0.3 is 0 Å². The van der Waals surface area contributed by atoms with Crippen LogP contribution >= 0.6 is 0 Å².